The number of hydrogen-bond donors (Lipinski definition) is 2. The monoisotopic (exact) mass is 346 g/mol. The summed E-state index contributed by atoms with van der Waals surface area (Å²) < 4.78 is 0. The van der Waals surface area contributed by atoms with Crippen LogP contribution in [0.1, 0.15) is 58.3 Å². The topological polar surface area (TPSA) is 74.6 Å². The molecule has 4 aliphatic rings. The van der Waals surface area contributed by atoms with E-state index in [0.717, 1.165) is 44.9 Å². The fraction of sp³-hybridized carbons (Fsp3) is 0.810. The quantitative estimate of drug-likeness (QED) is 0.824. The van der Waals surface area contributed by atoms with Crippen LogP contribution in [-0.4, -0.2) is 35.0 Å². The Balaban J connectivity index is 1.67. The summed E-state index contributed by atoms with van der Waals surface area (Å²) in [5.41, 5.74) is 0.998. The molecule has 4 nitrogen and oxygen atoms in total. The zero-order valence-electron chi connectivity index (χ0n) is 15.2. The van der Waals surface area contributed by atoms with Crippen molar-refractivity contribution in [2.24, 2.45) is 34.5 Å². The molecule has 4 heteroatoms. The molecule has 3 fully saturated rings. The number of hydrogen-bond acceptors (Lipinski definition) is 4. The van der Waals surface area contributed by atoms with Crippen LogP contribution in [0, 0.1) is 34.5 Å². The van der Waals surface area contributed by atoms with Gasteiger partial charge in [-0.25, -0.2) is 0 Å². The van der Waals surface area contributed by atoms with Gasteiger partial charge < -0.3 is 10.2 Å². The van der Waals surface area contributed by atoms with Crippen LogP contribution in [-0.2, 0) is 9.59 Å². The SMILES string of the molecule is CC12CCC3C(CCC4=CC(=O)CCC43CO)C1CCC2C(=O)CO. The predicted molar refractivity (Wildman–Crippen MR) is 93.7 cm³/mol. The molecule has 0 heterocycles. The summed E-state index contributed by atoms with van der Waals surface area (Å²) in [5.74, 6) is 1.71. The molecule has 138 valence electrons. The number of rotatable bonds is 3. The minimum Gasteiger partial charge on any atom is -0.395 e. The summed E-state index contributed by atoms with van der Waals surface area (Å²) in [6, 6.07) is 0. The third-order valence-corrected chi connectivity index (χ3v) is 8.51. The van der Waals surface area contributed by atoms with Crippen molar-refractivity contribution in [2.45, 2.75) is 58.3 Å². The largest absolute Gasteiger partial charge is 0.395 e. The van der Waals surface area contributed by atoms with Gasteiger partial charge >= 0.3 is 0 Å². The molecule has 6 atom stereocenters. The van der Waals surface area contributed by atoms with Crippen molar-refractivity contribution < 1.29 is 19.8 Å². The predicted octanol–water partition coefficient (Wildman–Crippen LogP) is 2.67. The van der Waals surface area contributed by atoms with Gasteiger partial charge in [0.05, 0.1) is 6.61 Å². The number of aliphatic hydroxyl groups is 2. The zero-order chi connectivity index (χ0) is 17.8. The van der Waals surface area contributed by atoms with E-state index in [-0.39, 0.29) is 41.5 Å². The standard InChI is InChI=1S/C21H30O4/c1-20-8-7-17-15(16(20)4-5-18(20)19(25)11-22)3-2-13-10-14(24)6-9-21(13,17)12-23/h10,15-18,22-23H,2-9,11-12H2,1H3. The van der Waals surface area contributed by atoms with Gasteiger partial charge in [-0.2, -0.15) is 0 Å². The fourth-order valence-electron chi connectivity index (χ4n) is 7.30. The van der Waals surface area contributed by atoms with Crippen LogP contribution < -0.4 is 0 Å². The van der Waals surface area contributed by atoms with E-state index in [1.165, 1.54) is 5.57 Å². The van der Waals surface area contributed by atoms with Crippen molar-refractivity contribution >= 4 is 11.6 Å². The van der Waals surface area contributed by atoms with Crippen molar-refractivity contribution in [3.8, 4) is 0 Å². The van der Waals surface area contributed by atoms with E-state index < -0.39 is 0 Å². The molecule has 0 amide bonds. The maximum absolute atomic E-state index is 12.3. The lowest BCUT2D eigenvalue weighted by atomic mass is 9.46. The van der Waals surface area contributed by atoms with Gasteiger partial charge in [-0.05, 0) is 74.2 Å². The van der Waals surface area contributed by atoms with Crippen molar-refractivity contribution in [3.05, 3.63) is 11.6 Å². The number of carbonyl (C=O) groups is 2. The third kappa shape index (κ3) is 2.33. The molecule has 6 unspecified atom stereocenters. The smallest absolute Gasteiger partial charge is 0.161 e. The first-order valence-electron chi connectivity index (χ1n) is 9.94. The van der Waals surface area contributed by atoms with E-state index in [4.69, 9.17) is 0 Å². The maximum atomic E-state index is 12.3. The van der Waals surface area contributed by atoms with E-state index in [2.05, 4.69) is 6.92 Å². The molecule has 0 aliphatic heterocycles. The van der Waals surface area contributed by atoms with E-state index in [1.807, 2.05) is 6.08 Å². The Kier molecular flexibility index (Phi) is 4.19. The summed E-state index contributed by atoms with van der Waals surface area (Å²) in [6.07, 6.45) is 9.15. The average Bonchev–Trinajstić information content (AvgIpc) is 2.98. The lowest BCUT2D eigenvalue weighted by Gasteiger charge is -2.58. The minimum atomic E-state index is -0.337. The molecular formula is C21H30O4. The normalized spacial score (nSPS) is 46.0. The number of ketones is 2. The first-order chi connectivity index (χ1) is 12.0. The van der Waals surface area contributed by atoms with Gasteiger partial charge in [-0.15, -0.1) is 0 Å². The second-order valence-corrected chi connectivity index (χ2v) is 9.16. The van der Waals surface area contributed by atoms with Gasteiger partial charge in [0, 0.05) is 17.8 Å². The Bertz CT molecular complexity index is 623. The summed E-state index contributed by atoms with van der Waals surface area (Å²) in [6.45, 7) is 2.08. The number of Topliss-reactive ketones (excluding diaryl/α,β-unsaturated/α-hetero) is 1. The summed E-state index contributed by atoms with van der Waals surface area (Å²) in [7, 11) is 0. The molecule has 25 heavy (non-hydrogen) atoms. The Morgan fingerprint density at radius 1 is 1.12 bits per heavy atom. The molecule has 4 rings (SSSR count). The number of fused-ring (bicyclic) bond motifs is 5. The van der Waals surface area contributed by atoms with Gasteiger partial charge in [-0.1, -0.05) is 12.5 Å². The van der Waals surface area contributed by atoms with Gasteiger partial charge in [0.1, 0.15) is 6.61 Å². The molecule has 0 spiro atoms. The summed E-state index contributed by atoms with van der Waals surface area (Å²) in [5, 5.41) is 19.7. The van der Waals surface area contributed by atoms with Gasteiger partial charge in [0.2, 0.25) is 0 Å². The van der Waals surface area contributed by atoms with E-state index >= 15 is 0 Å². The summed E-state index contributed by atoms with van der Waals surface area (Å²) in [4.78, 5) is 24.2. The molecule has 3 saturated carbocycles. The molecule has 2 N–H and O–H groups in total. The molecule has 0 aromatic rings. The average molecular weight is 346 g/mol. The van der Waals surface area contributed by atoms with Crippen LogP contribution in [0.2, 0.25) is 0 Å². The van der Waals surface area contributed by atoms with Crippen molar-refractivity contribution in [3.63, 3.8) is 0 Å². The van der Waals surface area contributed by atoms with Crippen LogP contribution in [0.25, 0.3) is 0 Å². The molecule has 0 saturated heterocycles. The zero-order valence-corrected chi connectivity index (χ0v) is 15.2. The van der Waals surface area contributed by atoms with Crippen LogP contribution in [0.3, 0.4) is 0 Å². The van der Waals surface area contributed by atoms with Gasteiger partial charge in [0.15, 0.2) is 11.6 Å². The maximum Gasteiger partial charge on any atom is 0.161 e. The van der Waals surface area contributed by atoms with Crippen LogP contribution >= 0.6 is 0 Å². The first kappa shape index (κ1) is 17.4. The summed E-state index contributed by atoms with van der Waals surface area (Å²) >= 11 is 0. The fourth-order valence-corrected chi connectivity index (χ4v) is 7.30. The molecule has 0 bridgehead atoms. The van der Waals surface area contributed by atoms with E-state index in [0.29, 0.717) is 24.2 Å². The Hall–Kier alpha value is -1.00. The van der Waals surface area contributed by atoms with Crippen molar-refractivity contribution in [1.82, 2.24) is 0 Å². The second kappa shape index (κ2) is 6.02. The van der Waals surface area contributed by atoms with Crippen molar-refractivity contribution in [1.29, 1.82) is 0 Å². The minimum absolute atomic E-state index is 0.00148. The highest BCUT2D eigenvalue weighted by molar-refractivity contribution is 5.91. The third-order valence-electron chi connectivity index (χ3n) is 8.51. The number of aliphatic hydroxyl groups excluding tert-OH is 2. The Morgan fingerprint density at radius 3 is 2.64 bits per heavy atom. The highest BCUT2D eigenvalue weighted by Gasteiger charge is 2.60. The van der Waals surface area contributed by atoms with E-state index in [1.54, 1.807) is 0 Å². The lowest BCUT2D eigenvalue weighted by Crippen LogP contribution is -2.53. The Labute approximate surface area is 149 Å². The molecule has 0 aromatic heterocycles. The molecular weight excluding hydrogens is 316 g/mol. The number of carbonyl (C=O) groups excluding carboxylic acids is 2. The molecule has 0 radical (unpaired) electrons. The lowest BCUT2D eigenvalue weighted by molar-refractivity contribution is -0.134. The van der Waals surface area contributed by atoms with Gasteiger partial charge in [0.25, 0.3) is 0 Å². The first-order valence-corrected chi connectivity index (χ1v) is 9.94. The van der Waals surface area contributed by atoms with Gasteiger partial charge in [-0.3, -0.25) is 9.59 Å². The molecule has 0 aromatic carbocycles. The van der Waals surface area contributed by atoms with Crippen molar-refractivity contribution in [2.75, 3.05) is 13.2 Å². The molecule has 4 aliphatic carbocycles. The van der Waals surface area contributed by atoms with Crippen LogP contribution in [0.15, 0.2) is 11.6 Å². The van der Waals surface area contributed by atoms with Crippen LogP contribution in [0.5, 0.6) is 0 Å². The highest BCUT2D eigenvalue weighted by atomic mass is 16.3. The Morgan fingerprint density at radius 2 is 1.92 bits per heavy atom. The highest BCUT2D eigenvalue weighted by Crippen LogP contribution is 2.66. The van der Waals surface area contributed by atoms with Crippen LogP contribution in [0.4, 0.5) is 0 Å². The second-order valence-electron chi connectivity index (χ2n) is 9.16. The van der Waals surface area contributed by atoms with E-state index in [9.17, 15) is 19.8 Å².